The third-order valence-corrected chi connectivity index (χ3v) is 4.63. The highest BCUT2D eigenvalue weighted by molar-refractivity contribution is 5.95. The summed E-state index contributed by atoms with van der Waals surface area (Å²) in [4.78, 5) is 25.9. The van der Waals surface area contributed by atoms with Crippen molar-refractivity contribution in [2.75, 3.05) is 13.1 Å². The number of piperidine rings is 1. The molecule has 2 unspecified atom stereocenters. The number of likely N-dealkylation sites (tertiary alicyclic amines) is 1. The summed E-state index contributed by atoms with van der Waals surface area (Å²) in [6.45, 7) is 5.18. The van der Waals surface area contributed by atoms with Crippen LogP contribution >= 0.6 is 0 Å². The molecule has 0 radical (unpaired) electrons. The summed E-state index contributed by atoms with van der Waals surface area (Å²) in [6, 6.07) is 3.01. The number of aromatic nitrogens is 4. The number of nitrogens with zero attached hydrogens (tertiary/aromatic N) is 4. The zero-order valence-corrected chi connectivity index (χ0v) is 13.9. The predicted octanol–water partition coefficient (Wildman–Crippen LogP) is 0.463. The Morgan fingerprint density at radius 2 is 2.25 bits per heavy atom. The van der Waals surface area contributed by atoms with Crippen LogP contribution in [0.1, 0.15) is 35.8 Å². The van der Waals surface area contributed by atoms with Crippen LogP contribution < -0.4 is 11.3 Å². The molecule has 1 fully saturated rings. The molecule has 2 atom stereocenters. The third-order valence-electron chi connectivity index (χ3n) is 4.63. The van der Waals surface area contributed by atoms with E-state index in [9.17, 15) is 9.59 Å². The number of H-pyrrole nitrogens is 1. The molecule has 3 N–H and O–H groups in total. The highest BCUT2D eigenvalue weighted by Gasteiger charge is 2.31. The van der Waals surface area contributed by atoms with E-state index in [0.29, 0.717) is 36.1 Å². The van der Waals surface area contributed by atoms with Crippen molar-refractivity contribution in [2.24, 2.45) is 11.7 Å². The van der Waals surface area contributed by atoms with Crippen molar-refractivity contribution in [1.29, 1.82) is 0 Å². The lowest BCUT2D eigenvalue weighted by atomic mass is 9.92. The van der Waals surface area contributed by atoms with E-state index in [4.69, 9.17) is 5.73 Å². The van der Waals surface area contributed by atoms with Gasteiger partial charge < -0.3 is 10.6 Å². The molecule has 8 nitrogen and oxygen atoms in total. The molecule has 0 saturated carbocycles. The Morgan fingerprint density at radius 3 is 2.92 bits per heavy atom. The summed E-state index contributed by atoms with van der Waals surface area (Å²) >= 11 is 0. The molecule has 1 aliphatic heterocycles. The van der Waals surface area contributed by atoms with Gasteiger partial charge in [-0.05, 0) is 31.7 Å². The SMILES string of the molecule is Cc1c(C(=O)N2CCC(C)CC2CN)cnn1-c1ccc(=O)[nH]n1. The Kier molecular flexibility index (Phi) is 4.48. The smallest absolute Gasteiger partial charge is 0.264 e. The fraction of sp³-hybridized carbons (Fsp3) is 0.500. The number of hydrogen-bond donors (Lipinski definition) is 2. The van der Waals surface area contributed by atoms with Gasteiger partial charge >= 0.3 is 0 Å². The number of carbonyl (C=O) groups excluding carboxylic acids is 1. The van der Waals surface area contributed by atoms with E-state index in [2.05, 4.69) is 22.2 Å². The van der Waals surface area contributed by atoms with Crippen LogP contribution in [0.3, 0.4) is 0 Å². The van der Waals surface area contributed by atoms with Gasteiger partial charge in [0.2, 0.25) is 0 Å². The van der Waals surface area contributed by atoms with Gasteiger partial charge in [0.15, 0.2) is 5.82 Å². The van der Waals surface area contributed by atoms with Crippen molar-refractivity contribution in [1.82, 2.24) is 24.9 Å². The van der Waals surface area contributed by atoms with Crippen LogP contribution in [-0.2, 0) is 0 Å². The summed E-state index contributed by atoms with van der Waals surface area (Å²) < 4.78 is 1.55. The minimum Gasteiger partial charge on any atom is -0.334 e. The molecular formula is C16H22N6O2. The maximum absolute atomic E-state index is 12.9. The molecule has 1 amide bonds. The van der Waals surface area contributed by atoms with Gasteiger partial charge in [0.05, 0.1) is 17.5 Å². The Balaban J connectivity index is 1.88. The van der Waals surface area contributed by atoms with E-state index in [-0.39, 0.29) is 17.5 Å². The van der Waals surface area contributed by atoms with E-state index < -0.39 is 0 Å². The minimum atomic E-state index is -0.284. The van der Waals surface area contributed by atoms with Crippen LogP contribution in [0.4, 0.5) is 0 Å². The Labute approximate surface area is 139 Å². The fourth-order valence-electron chi connectivity index (χ4n) is 3.20. The number of rotatable bonds is 3. The average molecular weight is 330 g/mol. The van der Waals surface area contributed by atoms with E-state index in [0.717, 1.165) is 12.8 Å². The second-order valence-electron chi connectivity index (χ2n) is 6.35. The van der Waals surface area contributed by atoms with Crippen molar-refractivity contribution < 1.29 is 4.79 Å². The highest BCUT2D eigenvalue weighted by atomic mass is 16.2. The first-order valence-electron chi connectivity index (χ1n) is 8.13. The Bertz CT molecular complexity index is 776. The molecule has 1 aliphatic rings. The van der Waals surface area contributed by atoms with Gasteiger partial charge in [0.1, 0.15) is 0 Å². The zero-order chi connectivity index (χ0) is 17.3. The number of nitrogens with one attached hydrogen (secondary N) is 1. The van der Waals surface area contributed by atoms with Crippen LogP contribution in [0.5, 0.6) is 0 Å². The van der Waals surface area contributed by atoms with Crippen molar-refractivity contribution in [3.05, 3.63) is 39.9 Å². The van der Waals surface area contributed by atoms with Gasteiger partial charge in [-0.15, -0.1) is 0 Å². The van der Waals surface area contributed by atoms with Gasteiger partial charge in [-0.2, -0.15) is 10.2 Å². The van der Waals surface area contributed by atoms with E-state index >= 15 is 0 Å². The van der Waals surface area contributed by atoms with E-state index in [1.54, 1.807) is 16.9 Å². The number of aromatic amines is 1. The molecule has 0 aromatic carbocycles. The number of hydrogen-bond acceptors (Lipinski definition) is 5. The van der Waals surface area contributed by atoms with Crippen molar-refractivity contribution in [3.63, 3.8) is 0 Å². The lowest BCUT2D eigenvalue weighted by Crippen LogP contribution is -2.49. The summed E-state index contributed by atoms with van der Waals surface area (Å²) in [5.41, 5.74) is 6.80. The zero-order valence-electron chi connectivity index (χ0n) is 13.9. The largest absolute Gasteiger partial charge is 0.334 e. The van der Waals surface area contributed by atoms with E-state index in [1.807, 2.05) is 11.8 Å². The molecular weight excluding hydrogens is 308 g/mol. The molecule has 3 heterocycles. The lowest BCUT2D eigenvalue weighted by molar-refractivity contribution is 0.0573. The number of nitrogens with two attached hydrogens (primary N) is 1. The van der Waals surface area contributed by atoms with Crippen molar-refractivity contribution in [3.8, 4) is 5.82 Å². The van der Waals surface area contributed by atoms with Crippen LogP contribution in [0.2, 0.25) is 0 Å². The second-order valence-corrected chi connectivity index (χ2v) is 6.35. The molecule has 3 rings (SSSR count). The van der Waals surface area contributed by atoms with Crippen LogP contribution in [0.15, 0.2) is 23.1 Å². The summed E-state index contributed by atoms with van der Waals surface area (Å²) in [7, 11) is 0. The lowest BCUT2D eigenvalue weighted by Gasteiger charge is -2.37. The molecule has 24 heavy (non-hydrogen) atoms. The molecule has 1 saturated heterocycles. The quantitative estimate of drug-likeness (QED) is 0.850. The van der Waals surface area contributed by atoms with Gasteiger partial charge in [0, 0.05) is 25.2 Å². The maximum Gasteiger partial charge on any atom is 0.264 e. The first-order valence-corrected chi connectivity index (χ1v) is 8.13. The van der Waals surface area contributed by atoms with E-state index in [1.165, 1.54) is 6.07 Å². The van der Waals surface area contributed by atoms with Crippen LogP contribution in [-0.4, -0.2) is 49.9 Å². The standard InChI is InChI=1S/C16H22N6O2/c1-10-5-6-21(12(7-10)8-17)16(24)13-9-18-22(11(13)2)14-3-4-15(23)20-19-14/h3-4,9-10,12H,5-8,17H2,1-2H3,(H,20,23). The topological polar surface area (TPSA) is 110 Å². The Morgan fingerprint density at radius 1 is 1.46 bits per heavy atom. The summed E-state index contributed by atoms with van der Waals surface area (Å²) in [6.07, 6.45) is 3.46. The van der Waals surface area contributed by atoms with Gasteiger partial charge in [-0.1, -0.05) is 6.92 Å². The Hall–Kier alpha value is -2.48. The first kappa shape index (κ1) is 16.4. The minimum absolute atomic E-state index is 0.0504. The maximum atomic E-state index is 12.9. The molecule has 8 heteroatoms. The van der Waals surface area contributed by atoms with Crippen molar-refractivity contribution in [2.45, 2.75) is 32.7 Å². The van der Waals surface area contributed by atoms with Crippen LogP contribution in [0.25, 0.3) is 5.82 Å². The molecule has 128 valence electrons. The average Bonchev–Trinajstić information content (AvgIpc) is 2.96. The third kappa shape index (κ3) is 2.96. The van der Waals surface area contributed by atoms with Crippen molar-refractivity contribution >= 4 is 5.91 Å². The number of carbonyl (C=O) groups is 1. The predicted molar refractivity (Wildman–Crippen MR) is 89.0 cm³/mol. The fourth-order valence-corrected chi connectivity index (χ4v) is 3.20. The molecule has 0 spiro atoms. The van der Waals surface area contributed by atoms with Gasteiger partial charge in [0.25, 0.3) is 11.5 Å². The van der Waals surface area contributed by atoms with Gasteiger partial charge in [-0.25, -0.2) is 9.78 Å². The molecule has 2 aromatic heterocycles. The van der Waals surface area contributed by atoms with Gasteiger partial charge in [-0.3, -0.25) is 9.59 Å². The van der Waals surface area contributed by atoms with Crippen LogP contribution in [0, 0.1) is 12.8 Å². The molecule has 0 aliphatic carbocycles. The molecule has 0 bridgehead atoms. The summed E-state index contributed by atoms with van der Waals surface area (Å²) in [5, 5.41) is 10.6. The summed E-state index contributed by atoms with van der Waals surface area (Å²) in [5.74, 6) is 0.996. The number of amides is 1. The normalized spacial score (nSPS) is 21.0. The molecule has 2 aromatic rings. The monoisotopic (exact) mass is 330 g/mol. The second kappa shape index (κ2) is 6.56. The highest BCUT2D eigenvalue weighted by Crippen LogP contribution is 2.24. The first-order chi connectivity index (χ1) is 11.5.